The van der Waals surface area contributed by atoms with Crippen LogP contribution < -0.4 is 0 Å². The molecule has 2 bridgehead atoms. The topological polar surface area (TPSA) is 93.1 Å². The molecule has 0 aromatic rings. The highest BCUT2D eigenvalue weighted by molar-refractivity contribution is 14.1. The van der Waals surface area contributed by atoms with Gasteiger partial charge in [0.2, 0.25) is 0 Å². The molecule has 0 aromatic heterocycles. The van der Waals surface area contributed by atoms with Crippen molar-refractivity contribution >= 4 is 34.5 Å². The Hall–Kier alpha value is -0.410. The average Bonchev–Trinajstić information content (AvgIpc) is 3.09. The van der Waals surface area contributed by atoms with E-state index in [9.17, 15) is 19.8 Å². The summed E-state index contributed by atoms with van der Waals surface area (Å²) in [6.45, 7) is 10.3. The van der Waals surface area contributed by atoms with Crippen molar-refractivity contribution in [3.63, 3.8) is 0 Å². The molecular weight excluding hydrogens is 463 g/mol. The lowest BCUT2D eigenvalue weighted by molar-refractivity contribution is -0.172. The number of rotatable bonds is 7. The van der Waals surface area contributed by atoms with Crippen LogP contribution in [-0.2, 0) is 19.1 Å². The molecule has 2 rings (SSSR count). The normalized spacial score (nSPS) is 32.9. The highest BCUT2D eigenvalue weighted by Crippen LogP contribution is 2.59. The molecular formula is C20H33IO6. The summed E-state index contributed by atoms with van der Waals surface area (Å²) >= 11 is 2.02. The van der Waals surface area contributed by atoms with Crippen molar-refractivity contribution in [1.82, 2.24) is 0 Å². The summed E-state index contributed by atoms with van der Waals surface area (Å²) in [5.41, 5.74) is -1.88. The third-order valence-electron chi connectivity index (χ3n) is 6.27. The molecule has 7 heteroatoms. The molecule has 2 N–H and O–H groups in total. The minimum absolute atomic E-state index is 0.00319. The van der Waals surface area contributed by atoms with E-state index in [0.29, 0.717) is 12.8 Å². The fraction of sp³-hybridized carbons (Fsp3) is 0.900. The number of aliphatic hydroxyl groups is 2. The number of fused-ring (bicyclic) bond motifs is 2. The number of alkyl halides is 1. The number of hydrogen-bond acceptors (Lipinski definition) is 6. The second kappa shape index (κ2) is 7.78. The van der Waals surface area contributed by atoms with Crippen LogP contribution in [0.3, 0.4) is 0 Å². The van der Waals surface area contributed by atoms with E-state index in [-0.39, 0.29) is 29.8 Å². The van der Waals surface area contributed by atoms with Crippen molar-refractivity contribution in [3.05, 3.63) is 0 Å². The number of esters is 2. The van der Waals surface area contributed by atoms with E-state index in [0.717, 1.165) is 6.42 Å². The summed E-state index contributed by atoms with van der Waals surface area (Å²) in [6, 6.07) is 0. The molecule has 156 valence electrons. The third kappa shape index (κ3) is 4.96. The molecule has 2 saturated carbocycles. The number of hydrogen-bond donors (Lipinski definition) is 2. The summed E-state index contributed by atoms with van der Waals surface area (Å²) in [6.07, 6.45) is 1.79. The Balaban J connectivity index is 2.00. The average molecular weight is 496 g/mol. The smallest absolute Gasteiger partial charge is 0.344 e. The van der Waals surface area contributed by atoms with Gasteiger partial charge in [-0.3, -0.25) is 4.79 Å². The van der Waals surface area contributed by atoms with Crippen molar-refractivity contribution in [2.75, 3.05) is 6.61 Å². The second-order valence-electron chi connectivity index (χ2n) is 9.41. The van der Waals surface area contributed by atoms with Crippen LogP contribution in [0.25, 0.3) is 0 Å². The van der Waals surface area contributed by atoms with Crippen molar-refractivity contribution < 1.29 is 29.3 Å². The van der Waals surface area contributed by atoms with E-state index in [4.69, 9.17) is 9.47 Å². The molecule has 6 unspecified atom stereocenters. The fourth-order valence-electron chi connectivity index (χ4n) is 5.04. The third-order valence-corrected chi connectivity index (χ3v) is 7.47. The van der Waals surface area contributed by atoms with Gasteiger partial charge in [-0.2, -0.15) is 0 Å². The van der Waals surface area contributed by atoms with Gasteiger partial charge in [-0.25, -0.2) is 4.79 Å². The largest absolute Gasteiger partial charge is 0.460 e. The Morgan fingerprint density at radius 2 is 1.59 bits per heavy atom. The van der Waals surface area contributed by atoms with Gasteiger partial charge in [-0.05, 0) is 71.6 Å². The number of carbonyl (C=O) groups is 2. The van der Waals surface area contributed by atoms with Crippen LogP contribution in [0.4, 0.5) is 0 Å². The molecule has 0 spiro atoms. The lowest BCUT2D eigenvalue weighted by atomic mass is 9.65. The molecule has 2 fully saturated rings. The van der Waals surface area contributed by atoms with Gasteiger partial charge in [0.05, 0.1) is 11.2 Å². The lowest BCUT2D eigenvalue weighted by Gasteiger charge is -2.46. The van der Waals surface area contributed by atoms with Gasteiger partial charge < -0.3 is 19.7 Å². The van der Waals surface area contributed by atoms with Gasteiger partial charge in [0, 0.05) is 5.92 Å². The molecule has 6 nitrogen and oxygen atoms in total. The number of carbonyl (C=O) groups excluding carboxylic acids is 2. The highest BCUT2D eigenvalue weighted by Gasteiger charge is 2.61. The van der Waals surface area contributed by atoms with Gasteiger partial charge in [0.15, 0.2) is 6.61 Å². The van der Waals surface area contributed by atoms with Crippen molar-refractivity contribution in [2.24, 2.45) is 23.7 Å². The molecule has 6 atom stereocenters. The van der Waals surface area contributed by atoms with E-state index < -0.39 is 33.2 Å². The molecule has 0 radical (unpaired) electrons. The Labute approximate surface area is 175 Å². The van der Waals surface area contributed by atoms with E-state index in [1.807, 2.05) is 29.5 Å². The Morgan fingerprint density at radius 1 is 1.04 bits per heavy atom. The predicted molar refractivity (Wildman–Crippen MR) is 109 cm³/mol. The summed E-state index contributed by atoms with van der Waals surface area (Å²) in [5.74, 6) is -0.986. The molecule has 0 aliphatic heterocycles. The molecule has 2 aliphatic rings. The molecule has 0 amide bonds. The lowest BCUT2D eigenvalue weighted by Crippen LogP contribution is -2.52. The second-order valence-corrected chi connectivity index (χ2v) is 11.8. The summed E-state index contributed by atoms with van der Waals surface area (Å²) in [5, 5.41) is 21.3. The van der Waals surface area contributed by atoms with E-state index >= 15 is 0 Å². The van der Waals surface area contributed by atoms with Crippen molar-refractivity contribution in [1.29, 1.82) is 0 Å². The van der Waals surface area contributed by atoms with Crippen LogP contribution in [-0.4, -0.2) is 49.5 Å². The standard InChI is InChI=1S/C20H33IO6/c1-7-20(6,21)17(23)26-10-14(22)27-13-9-11-8-12(13)16(19(4,5)25)15(11)18(2,3)24/h11-13,15-16,24-25H,7-10H2,1-6H3. The summed E-state index contributed by atoms with van der Waals surface area (Å²) in [4.78, 5) is 24.2. The summed E-state index contributed by atoms with van der Waals surface area (Å²) < 4.78 is 10.1. The first kappa shape index (κ1) is 22.9. The first-order chi connectivity index (χ1) is 12.2. The monoisotopic (exact) mass is 496 g/mol. The molecule has 0 saturated heterocycles. The number of halogens is 1. The van der Waals surface area contributed by atoms with Gasteiger partial charge in [-0.1, -0.05) is 29.5 Å². The van der Waals surface area contributed by atoms with Crippen LogP contribution in [0, 0.1) is 23.7 Å². The predicted octanol–water partition coefficient (Wildman–Crippen LogP) is 2.86. The maximum Gasteiger partial charge on any atom is 0.344 e. The van der Waals surface area contributed by atoms with Crippen LogP contribution in [0.2, 0.25) is 0 Å². The van der Waals surface area contributed by atoms with Crippen LogP contribution in [0.1, 0.15) is 60.8 Å². The Kier molecular flexibility index (Phi) is 6.59. The Bertz CT molecular complexity index is 574. The highest BCUT2D eigenvalue weighted by atomic mass is 127. The molecule has 2 aliphatic carbocycles. The van der Waals surface area contributed by atoms with Crippen molar-refractivity contribution in [3.8, 4) is 0 Å². The minimum atomic E-state index is -0.980. The zero-order chi connectivity index (χ0) is 20.8. The van der Waals surface area contributed by atoms with Crippen LogP contribution in [0.15, 0.2) is 0 Å². The van der Waals surface area contributed by atoms with E-state index in [1.165, 1.54) is 0 Å². The fourth-order valence-corrected chi connectivity index (χ4v) is 5.19. The zero-order valence-corrected chi connectivity index (χ0v) is 19.3. The zero-order valence-electron chi connectivity index (χ0n) is 17.1. The van der Waals surface area contributed by atoms with Gasteiger partial charge in [-0.15, -0.1) is 0 Å². The first-order valence-electron chi connectivity index (χ1n) is 9.68. The SMILES string of the molecule is CCC(C)(I)C(=O)OCC(=O)OC1CC2CC1C(C(C)(C)O)C2C(C)(C)O. The van der Waals surface area contributed by atoms with Crippen LogP contribution in [0.5, 0.6) is 0 Å². The summed E-state index contributed by atoms with van der Waals surface area (Å²) in [7, 11) is 0. The van der Waals surface area contributed by atoms with E-state index in [2.05, 4.69) is 0 Å². The van der Waals surface area contributed by atoms with Gasteiger partial charge in [0.1, 0.15) is 9.53 Å². The molecule has 27 heavy (non-hydrogen) atoms. The quantitative estimate of drug-likeness (QED) is 0.320. The minimum Gasteiger partial charge on any atom is -0.460 e. The van der Waals surface area contributed by atoms with Gasteiger partial charge >= 0.3 is 11.9 Å². The molecule has 0 heterocycles. The van der Waals surface area contributed by atoms with Crippen molar-refractivity contribution in [2.45, 2.75) is 81.5 Å². The number of ether oxygens (including phenoxy) is 2. The molecule has 0 aromatic carbocycles. The Morgan fingerprint density at radius 3 is 2.07 bits per heavy atom. The maximum absolute atomic E-state index is 12.2. The first-order valence-corrected chi connectivity index (χ1v) is 10.8. The van der Waals surface area contributed by atoms with Gasteiger partial charge in [0.25, 0.3) is 0 Å². The van der Waals surface area contributed by atoms with Crippen LogP contribution >= 0.6 is 22.6 Å². The maximum atomic E-state index is 12.2. The van der Waals surface area contributed by atoms with E-state index in [1.54, 1.807) is 34.6 Å².